The van der Waals surface area contributed by atoms with E-state index in [4.69, 9.17) is 9.84 Å². The molecule has 1 rings (SSSR count). The van der Waals surface area contributed by atoms with Crippen molar-refractivity contribution in [3.05, 3.63) is 38.3 Å². The van der Waals surface area contributed by atoms with Gasteiger partial charge in [-0.25, -0.2) is 0 Å². The van der Waals surface area contributed by atoms with Gasteiger partial charge in [-0.05, 0) is 5.56 Å². The number of aliphatic carboxylic acids is 1. The quantitative estimate of drug-likeness (QED) is 0.544. The molecule has 0 heterocycles. The third-order valence-electron chi connectivity index (χ3n) is 2.83. The molecule has 1 aromatic rings. The number of nitro benzene ring substituents is 1. The molecule has 0 aromatic heterocycles. The van der Waals surface area contributed by atoms with Crippen molar-refractivity contribution in [1.29, 1.82) is 0 Å². The van der Waals surface area contributed by atoms with E-state index in [1.807, 2.05) is 0 Å². The van der Waals surface area contributed by atoms with Crippen molar-refractivity contribution in [3.8, 4) is 0 Å². The summed E-state index contributed by atoms with van der Waals surface area (Å²) in [4.78, 5) is 34.3. The van der Waals surface area contributed by atoms with Crippen LogP contribution >= 0.6 is 15.9 Å². The molecule has 0 spiro atoms. The second-order valence-electron chi connectivity index (χ2n) is 4.41. The Morgan fingerprint density at radius 3 is 2.64 bits per heavy atom. The smallest absolute Gasteiger partial charge is 0.323 e. The Hall–Kier alpha value is -2.00. The van der Waals surface area contributed by atoms with Crippen LogP contribution in [0.15, 0.2) is 22.7 Å². The topological polar surface area (TPSA) is 110 Å². The monoisotopic (exact) mass is 374 g/mol. The number of methoxy groups -OCH3 is 1. The first-order valence-corrected chi connectivity index (χ1v) is 7.05. The van der Waals surface area contributed by atoms with Gasteiger partial charge in [-0.3, -0.25) is 19.7 Å². The maximum Gasteiger partial charge on any atom is 0.323 e. The van der Waals surface area contributed by atoms with Crippen molar-refractivity contribution in [2.24, 2.45) is 0 Å². The molecule has 0 aliphatic carbocycles. The zero-order valence-electron chi connectivity index (χ0n) is 11.8. The molecule has 0 unspecified atom stereocenters. The molecule has 9 heteroatoms. The van der Waals surface area contributed by atoms with E-state index in [-0.39, 0.29) is 25.3 Å². The number of halogens is 1. The number of carbonyl (C=O) groups excluding carboxylic acids is 1. The molecule has 0 saturated carbocycles. The minimum Gasteiger partial charge on any atom is -0.480 e. The highest BCUT2D eigenvalue weighted by molar-refractivity contribution is 9.10. The van der Waals surface area contributed by atoms with Gasteiger partial charge in [0, 0.05) is 30.3 Å². The van der Waals surface area contributed by atoms with Crippen LogP contribution in [0.4, 0.5) is 5.69 Å². The van der Waals surface area contributed by atoms with Gasteiger partial charge in [0.2, 0.25) is 5.91 Å². The summed E-state index contributed by atoms with van der Waals surface area (Å²) in [6.45, 7) is -0.0422. The number of nitrogens with zero attached hydrogens (tertiary/aromatic N) is 2. The summed E-state index contributed by atoms with van der Waals surface area (Å²) < 4.78 is 5.28. The van der Waals surface area contributed by atoms with Crippen LogP contribution in [-0.4, -0.2) is 53.6 Å². The molecule has 0 atom stereocenters. The second kappa shape index (κ2) is 8.44. The maximum atomic E-state index is 12.2. The van der Waals surface area contributed by atoms with Gasteiger partial charge in [0.05, 0.1) is 18.0 Å². The zero-order valence-corrected chi connectivity index (χ0v) is 13.4. The number of benzene rings is 1. The third-order valence-corrected chi connectivity index (χ3v) is 3.57. The number of amides is 1. The number of rotatable bonds is 8. The number of hydrogen-bond acceptors (Lipinski definition) is 5. The number of carboxylic acids is 1. The van der Waals surface area contributed by atoms with E-state index < -0.39 is 23.3 Å². The average molecular weight is 375 g/mol. The van der Waals surface area contributed by atoms with Gasteiger partial charge in [-0.2, -0.15) is 0 Å². The van der Waals surface area contributed by atoms with Crippen LogP contribution < -0.4 is 0 Å². The number of carboxylic acid groups (broad SMARTS) is 1. The fraction of sp³-hybridized carbons (Fsp3) is 0.385. The largest absolute Gasteiger partial charge is 0.480 e. The summed E-state index contributed by atoms with van der Waals surface area (Å²) in [6.07, 6.45) is -0.0599. The molecule has 0 fully saturated rings. The first kappa shape index (κ1) is 18.1. The van der Waals surface area contributed by atoms with Crippen molar-refractivity contribution in [1.82, 2.24) is 4.90 Å². The minimum absolute atomic E-state index is 0.0599. The number of hydrogen-bond donors (Lipinski definition) is 1. The Kier molecular flexibility index (Phi) is 6.93. The summed E-state index contributed by atoms with van der Waals surface area (Å²) in [6, 6.07) is 4.07. The Morgan fingerprint density at radius 2 is 2.14 bits per heavy atom. The third kappa shape index (κ3) is 5.41. The molecule has 0 radical (unpaired) electrons. The van der Waals surface area contributed by atoms with E-state index in [1.54, 1.807) is 0 Å². The fourth-order valence-electron chi connectivity index (χ4n) is 1.72. The molecule has 1 aromatic carbocycles. The Labute approximate surface area is 134 Å². The predicted molar refractivity (Wildman–Crippen MR) is 80.6 cm³/mol. The van der Waals surface area contributed by atoms with E-state index in [9.17, 15) is 19.7 Å². The summed E-state index contributed by atoms with van der Waals surface area (Å²) in [5.41, 5.74) is 0.452. The van der Waals surface area contributed by atoms with Crippen LogP contribution in [0.1, 0.15) is 5.56 Å². The van der Waals surface area contributed by atoms with Gasteiger partial charge < -0.3 is 14.7 Å². The lowest BCUT2D eigenvalue weighted by molar-refractivity contribution is -0.384. The number of nitro groups is 1. The minimum atomic E-state index is -1.12. The highest BCUT2D eigenvalue weighted by Crippen LogP contribution is 2.23. The van der Waals surface area contributed by atoms with E-state index in [2.05, 4.69) is 15.9 Å². The first-order chi connectivity index (χ1) is 10.3. The van der Waals surface area contributed by atoms with E-state index in [1.165, 1.54) is 30.2 Å². The molecule has 22 heavy (non-hydrogen) atoms. The maximum absolute atomic E-state index is 12.2. The van der Waals surface area contributed by atoms with Crippen molar-refractivity contribution in [2.45, 2.75) is 6.42 Å². The lowest BCUT2D eigenvalue weighted by atomic mass is 10.1. The van der Waals surface area contributed by atoms with E-state index in [0.717, 1.165) is 0 Å². The fourth-order valence-corrected chi connectivity index (χ4v) is 2.23. The number of non-ortho nitro benzene ring substituents is 1. The molecule has 0 aliphatic rings. The Balaban J connectivity index is 2.83. The molecular formula is C13H15BrN2O6. The SMILES string of the molecule is COCCN(CC(=O)O)C(=O)Cc1ccc([N+](=O)[O-])cc1Br. The molecule has 8 nitrogen and oxygen atoms in total. The summed E-state index contributed by atoms with van der Waals surface area (Å²) in [5, 5.41) is 19.5. The average Bonchev–Trinajstić information content (AvgIpc) is 2.44. The molecule has 1 N–H and O–H groups in total. The number of ether oxygens (including phenoxy) is 1. The highest BCUT2D eigenvalue weighted by atomic mass is 79.9. The lowest BCUT2D eigenvalue weighted by Crippen LogP contribution is -2.38. The van der Waals surface area contributed by atoms with Gasteiger partial charge in [-0.15, -0.1) is 0 Å². The lowest BCUT2D eigenvalue weighted by Gasteiger charge is -2.20. The standard InChI is InChI=1S/C13H15BrN2O6/c1-22-5-4-15(8-13(18)19)12(17)6-9-2-3-10(16(20)21)7-11(9)14/h2-3,7H,4-6,8H2,1H3,(H,18,19). The van der Waals surface area contributed by atoms with Crippen LogP contribution in [0.25, 0.3) is 0 Å². The normalized spacial score (nSPS) is 10.3. The molecule has 0 bridgehead atoms. The molecule has 0 aliphatic heterocycles. The van der Waals surface area contributed by atoms with Crippen LogP contribution in [0.3, 0.4) is 0 Å². The molecule has 1 amide bonds. The summed E-state index contributed by atoms with van der Waals surface area (Å²) >= 11 is 3.18. The van der Waals surface area contributed by atoms with Crippen LogP contribution in [0.5, 0.6) is 0 Å². The van der Waals surface area contributed by atoms with Crippen LogP contribution in [0.2, 0.25) is 0 Å². The van der Waals surface area contributed by atoms with Gasteiger partial charge in [0.15, 0.2) is 0 Å². The van der Waals surface area contributed by atoms with E-state index in [0.29, 0.717) is 10.0 Å². The first-order valence-electron chi connectivity index (χ1n) is 6.26. The summed E-state index contributed by atoms with van der Waals surface area (Å²) in [5.74, 6) is -1.51. The second-order valence-corrected chi connectivity index (χ2v) is 5.27. The molecule has 120 valence electrons. The van der Waals surface area contributed by atoms with Gasteiger partial charge >= 0.3 is 5.97 Å². The van der Waals surface area contributed by atoms with Crippen molar-refractivity contribution < 1.29 is 24.4 Å². The molecular weight excluding hydrogens is 360 g/mol. The summed E-state index contributed by atoms with van der Waals surface area (Å²) in [7, 11) is 1.45. The van der Waals surface area contributed by atoms with Gasteiger partial charge in [0.25, 0.3) is 5.69 Å². The Bertz CT molecular complexity index is 578. The molecule has 0 saturated heterocycles. The van der Waals surface area contributed by atoms with Gasteiger partial charge in [0.1, 0.15) is 6.54 Å². The van der Waals surface area contributed by atoms with Crippen molar-refractivity contribution in [3.63, 3.8) is 0 Å². The number of carbonyl (C=O) groups is 2. The van der Waals surface area contributed by atoms with Crippen LogP contribution in [-0.2, 0) is 20.7 Å². The van der Waals surface area contributed by atoms with Gasteiger partial charge in [-0.1, -0.05) is 22.0 Å². The van der Waals surface area contributed by atoms with Crippen molar-refractivity contribution in [2.75, 3.05) is 26.8 Å². The van der Waals surface area contributed by atoms with Crippen molar-refractivity contribution >= 4 is 33.5 Å². The van der Waals surface area contributed by atoms with Crippen LogP contribution in [0, 0.1) is 10.1 Å². The van der Waals surface area contributed by atoms with E-state index >= 15 is 0 Å². The predicted octanol–water partition coefficient (Wildman–Crippen LogP) is 1.46. The highest BCUT2D eigenvalue weighted by Gasteiger charge is 2.19. The zero-order chi connectivity index (χ0) is 16.7. The Morgan fingerprint density at radius 1 is 1.45 bits per heavy atom.